The second-order valence-electron chi connectivity index (χ2n) is 11.3. The van der Waals surface area contributed by atoms with Crippen LogP contribution in [-0.4, -0.2) is 104 Å². The fraction of sp³-hybridized carbons (Fsp3) is 0.500. The molecule has 12 heteroatoms. The number of hydrogen-bond acceptors (Lipinski definition) is 8. The number of anilines is 1. The van der Waals surface area contributed by atoms with E-state index in [0.29, 0.717) is 81.8 Å². The SMILES string of the molecule is CCc1nc2ccccc2n1-c1nc(N2CCOCC2)c2nc(C(=O)N3CCN(C(=O)C(C)(C)C)CC3)[nH]c2n1. The summed E-state index contributed by atoms with van der Waals surface area (Å²) in [4.78, 5) is 54.5. The molecule has 2 saturated heterocycles. The molecule has 0 spiro atoms. The van der Waals surface area contributed by atoms with Gasteiger partial charge in [0.2, 0.25) is 11.9 Å². The van der Waals surface area contributed by atoms with Crippen LogP contribution in [-0.2, 0) is 16.0 Å². The molecule has 40 heavy (non-hydrogen) atoms. The molecule has 0 aliphatic carbocycles. The smallest absolute Gasteiger partial charge is 0.289 e. The van der Waals surface area contributed by atoms with Gasteiger partial charge in [0.25, 0.3) is 5.91 Å². The number of nitrogens with zero attached hydrogens (tertiary/aromatic N) is 8. The molecule has 0 radical (unpaired) electrons. The molecule has 6 rings (SSSR count). The van der Waals surface area contributed by atoms with Crippen LogP contribution >= 0.6 is 0 Å². The van der Waals surface area contributed by atoms with E-state index in [9.17, 15) is 9.59 Å². The molecule has 5 heterocycles. The van der Waals surface area contributed by atoms with Gasteiger partial charge in [-0.1, -0.05) is 39.8 Å². The quantitative estimate of drug-likeness (QED) is 0.415. The Balaban J connectivity index is 1.37. The zero-order valence-electron chi connectivity index (χ0n) is 23.5. The Morgan fingerprint density at radius 2 is 1.62 bits per heavy atom. The molecule has 2 amide bonds. The van der Waals surface area contributed by atoms with E-state index in [-0.39, 0.29) is 17.6 Å². The number of amides is 2. The van der Waals surface area contributed by atoms with Crippen LogP contribution in [0.25, 0.3) is 28.1 Å². The fourth-order valence-corrected chi connectivity index (χ4v) is 5.34. The minimum Gasteiger partial charge on any atom is -0.378 e. The Bertz CT molecular complexity index is 1570. The van der Waals surface area contributed by atoms with Crippen LogP contribution < -0.4 is 4.90 Å². The van der Waals surface area contributed by atoms with Crippen molar-refractivity contribution >= 4 is 39.8 Å². The Labute approximate surface area is 232 Å². The molecule has 0 bridgehead atoms. The highest BCUT2D eigenvalue weighted by Crippen LogP contribution is 2.28. The number of hydrogen-bond donors (Lipinski definition) is 1. The third-order valence-electron chi connectivity index (χ3n) is 7.47. The summed E-state index contributed by atoms with van der Waals surface area (Å²) in [5, 5.41) is 0. The second-order valence-corrected chi connectivity index (χ2v) is 11.3. The van der Waals surface area contributed by atoms with Gasteiger partial charge in [0.15, 0.2) is 22.8 Å². The molecule has 1 N–H and O–H groups in total. The van der Waals surface area contributed by atoms with Gasteiger partial charge in [-0.2, -0.15) is 9.97 Å². The second kappa shape index (κ2) is 10.2. The van der Waals surface area contributed by atoms with Crippen molar-refractivity contribution < 1.29 is 14.3 Å². The first-order valence-corrected chi connectivity index (χ1v) is 13.9. The van der Waals surface area contributed by atoms with Crippen LogP contribution in [0.15, 0.2) is 24.3 Å². The monoisotopic (exact) mass is 545 g/mol. The fourth-order valence-electron chi connectivity index (χ4n) is 5.34. The van der Waals surface area contributed by atoms with Crippen LogP contribution in [0.4, 0.5) is 5.82 Å². The van der Waals surface area contributed by atoms with Gasteiger partial charge in [-0.25, -0.2) is 9.97 Å². The standard InChI is InChI=1S/C28H35N9O3/c1-5-20-29-18-8-6-7-9-19(18)37(20)27-32-22-21(24(33-27)34-14-16-40-17-15-34)30-23(31-22)25(38)35-10-12-36(13-11-35)26(39)28(2,3)4/h6-9H,5,10-17H2,1-4H3,(H,30,31,32,33). The van der Waals surface area contributed by atoms with E-state index >= 15 is 0 Å². The number of aryl methyl sites for hydroxylation is 1. The predicted molar refractivity (Wildman–Crippen MR) is 151 cm³/mol. The Morgan fingerprint density at radius 1 is 0.925 bits per heavy atom. The van der Waals surface area contributed by atoms with Gasteiger partial charge >= 0.3 is 0 Å². The van der Waals surface area contributed by atoms with Gasteiger partial charge in [0, 0.05) is 51.1 Å². The number of H-pyrrole nitrogens is 1. The predicted octanol–water partition coefficient (Wildman–Crippen LogP) is 2.42. The number of carbonyl (C=O) groups excluding carboxylic acids is 2. The number of aromatic amines is 1. The van der Waals surface area contributed by atoms with Crippen molar-refractivity contribution in [3.05, 3.63) is 35.9 Å². The van der Waals surface area contributed by atoms with Crippen LogP contribution in [0, 0.1) is 5.41 Å². The number of piperazine rings is 1. The van der Waals surface area contributed by atoms with E-state index in [1.54, 1.807) is 4.90 Å². The number of para-hydroxylation sites is 2. The van der Waals surface area contributed by atoms with Crippen molar-refractivity contribution in [3.63, 3.8) is 0 Å². The van der Waals surface area contributed by atoms with Gasteiger partial charge in [-0.05, 0) is 12.1 Å². The maximum atomic E-state index is 13.6. The summed E-state index contributed by atoms with van der Waals surface area (Å²) >= 11 is 0. The Morgan fingerprint density at radius 3 is 2.33 bits per heavy atom. The first kappa shape index (κ1) is 26.2. The summed E-state index contributed by atoms with van der Waals surface area (Å²) in [5.74, 6) is 2.11. The molecule has 0 unspecified atom stereocenters. The van der Waals surface area contributed by atoms with Gasteiger partial charge in [-0.15, -0.1) is 0 Å². The third kappa shape index (κ3) is 4.66. The molecule has 2 aliphatic rings. The van der Waals surface area contributed by atoms with E-state index in [4.69, 9.17) is 24.7 Å². The van der Waals surface area contributed by atoms with Crippen LogP contribution in [0.1, 0.15) is 44.1 Å². The summed E-state index contributed by atoms with van der Waals surface area (Å²) in [6.45, 7) is 12.2. The largest absolute Gasteiger partial charge is 0.378 e. The summed E-state index contributed by atoms with van der Waals surface area (Å²) in [5.41, 5.74) is 2.40. The molecule has 4 aromatic rings. The van der Waals surface area contributed by atoms with Crippen molar-refractivity contribution in [1.82, 2.24) is 39.3 Å². The van der Waals surface area contributed by atoms with Gasteiger partial charge in [0.05, 0.1) is 24.2 Å². The molecule has 1 aromatic carbocycles. The molecule has 0 atom stereocenters. The van der Waals surface area contributed by atoms with Crippen molar-refractivity contribution in [2.24, 2.45) is 5.41 Å². The van der Waals surface area contributed by atoms with Crippen LogP contribution in [0.2, 0.25) is 0 Å². The number of imidazole rings is 2. The third-order valence-corrected chi connectivity index (χ3v) is 7.47. The average molecular weight is 546 g/mol. The first-order valence-electron chi connectivity index (χ1n) is 13.9. The first-order chi connectivity index (χ1) is 19.2. The molecule has 12 nitrogen and oxygen atoms in total. The lowest BCUT2D eigenvalue weighted by molar-refractivity contribution is -0.140. The lowest BCUT2D eigenvalue weighted by Gasteiger charge is -2.37. The van der Waals surface area contributed by atoms with E-state index < -0.39 is 5.41 Å². The number of morpholine rings is 1. The molecular formula is C28H35N9O3. The molecule has 0 saturated carbocycles. The van der Waals surface area contributed by atoms with Crippen molar-refractivity contribution in [1.29, 1.82) is 0 Å². The Kier molecular flexibility index (Phi) is 6.65. The number of nitrogens with one attached hydrogen (secondary N) is 1. The van der Waals surface area contributed by atoms with Gasteiger partial charge < -0.3 is 24.4 Å². The highest BCUT2D eigenvalue weighted by molar-refractivity contribution is 5.96. The number of carbonyl (C=O) groups is 2. The van der Waals surface area contributed by atoms with E-state index in [1.165, 1.54) is 0 Å². The van der Waals surface area contributed by atoms with Crippen LogP contribution in [0.3, 0.4) is 0 Å². The van der Waals surface area contributed by atoms with E-state index in [1.807, 2.05) is 54.5 Å². The lowest BCUT2D eigenvalue weighted by Crippen LogP contribution is -2.53. The zero-order chi connectivity index (χ0) is 28.0. The topological polar surface area (TPSA) is 125 Å². The van der Waals surface area contributed by atoms with Gasteiger partial charge in [0.1, 0.15) is 5.82 Å². The zero-order valence-corrected chi connectivity index (χ0v) is 23.5. The van der Waals surface area contributed by atoms with Crippen molar-refractivity contribution in [2.45, 2.75) is 34.1 Å². The number of fused-ring (bicyclic) bond motifs is 2. The highest BCUT2D eigenvalue weighted by atomic mass is 16.5. The van der Waals surface area contributed by atoms with Crippen molar-refractivity contribution in [3.8, 4) is 5.95 Å². The minimum absolute atomic E-state index is 0.0970. The summed E-state index contributed by atoms with van der Waals surface area (Å²) < 4.78 is 7.56. The minimum atomic E-state index is -0.449. The summed E-state index contributed by atoms with van der Waals surface area (Å²) in [6.07, 6.45) is 0.708. The average Bonchev–Trinajstić information content (AvgIpc) is 3.57. The Hall–Kier alpha value is -4.06. The van der Waals surface area contributed by atoms with E-state index in [0.717, 1.165) is 16.9 Å². The van der Waals surface area contributed by atoms with Gasteiger partial charge in [-0.3, -0.25) is 14.2 Å². The van der Waals surface area contributed by atoms with E-state index in [2.05, 4.69) is 16.8 Å². The highest BCUT2D eigenvalue weighted by Gasteiger charge is 2.32. The summed E-state index contributed by atoms with van der Waals surface area (Å²) in [7, 11) is 0. The number of rotatable bonds is 4. The van der Waals surface area contributed by atoms with Crippen molar-refractivity contribution in [2.75, 3.05) is 57.4 Å². The molecule has 2 aliphatic heterocycles. The molecule has 3 aromatic heterocycles. The summed E-state index contributed by atoms with van der Waals surface area (Å²) in [6, 6.07) is 7.93. The maximum Gasteiger partial charge on any atom is 0.289 e. The molecule has 2 fully saturated rings. The molecule has 210 valence electrons. The van der Waals surface area contributed by atoms with Crippen LogP contribution in [0.5, 0.6) is 0 Å². The number of aromatic nitrogens is 6. The maximum absolute atomic E-state index is 13.6. The molecular weight excluding hydrogens is 510 g/mol. The lowest BCUT2D eigenvalue weighted by atomic mass is 9.94. The number of benzene rings is 1. The normalized spacial score (nSPS) is 16.8. The number of ether oxygens (including phenoxy) is 1.